The number of benzene rings is 1. The Kier molecular flexibility index (Phi) is 5.05. The minimum absolute atomic E-state index is 0.198. The molecule has 0 saturated carbocycles. The summed E-state index contributed by atoms with van der Waals surface area (Å²) in [5.74, 6) is 0.145. The van der Waals surface area contributed by atoms with Gasteiger partial charge >= 0.3 is 0 Å². The van der Waals surface area contributed by atoms with Crippen LogP contribution in [0.1, 0.15) is 34.5 Å². The number of aryl methyl sites for hydroxylation is 1. The van der Waals surface area contributed by atoms with Crippen molar-refractivity contribution in [2.75, 3.05) is 31.2 Å². The number of hydrogen-bond donors (Lipinski definition) is 1. The average Bonchev–Trinajstić information content (AvgIpc) is 3.15. The highest BCUT2D eigenvalue weighted by Crippen LogP contribution is 2.32. The Morgan fingerprint density at radius 2 is 1.96 bits per heavy atom. The van der Waals surface area contributed by atoms with E-state index in [9.17, 15) is 4.79 Å². The van der Waals surface area contributed by atoms with Crippen molar-refractivity contribution in [2.45, 2.75) is 32.1 Å². The molecule has 0 aliphatic carbocycles. The summed E-state index contributed by atoms with van der Waals surface area (Å²) in [7, 11) is 0. The number of piperidine rings is 1. The molecule has 1 N–H and O–H groups in total. The number of nitrogens with zero attached hydrogens (tertiary/aromatic N) is 3. The van der Waals surface area contributed by atoms with Crippen LogP contribution in [0, 0.1) is 6.92 Å². The summed E-state index contributed by atoms with van der Waals surface area (Å²) in [5.41, 5.74) is 2.61. The molecule has 0 radical (unpaired) electrons. The zero-order valence-electron chi connectivity index (χ0n) is 15.5. The molecule has 27 heavy (non-hydrogen) atoms. The topological polar surface area (TPSA) is 76.6 Å². The number of carbonyl (C=O) groups excluding carboxylic acids is 1. The lowest BCUT2D eigenvalue weighted by atomic mass is 10.0. The first-order valence-electron chi connectivity index (χ1n) is 9.32. The van der Waals surface area contributed by atoms with Crippen molar-refractivity contribution in [1.29, 1.82) is 0 Å². The highest BCUT2D eigenvalue weighted by Gasteiger charge is 2.40. The highest BCUT2D eigenvalue weighted by molar-refractivity contribution is 5.92. The first-order valence-corrected chi connectivity index (χ1v) is 9.32. The first-order chi connectivity index (χ1) is 13.1. The van der Waals surface area contributed by atoms with E-state index in [1.165, 1.54) is 11.9 Å². The Morgan fingerprint density at radius 3 is 2.70 bits per heavy atom. The van der Waals surface area contributed by atoms with Crippen LogP contribution in [0.2, 0.25) is 0 Å². The Hall–Kier alpha value is -2.51. The molecule has 0 atom stereocenters. The molecule has 2 saturated heterocycles. The van der Waals surface area contributed by atoms with Gasteiger partial charge in [-0.3, -0.25) is 4.79 Å². The quantitative estimate of drug-likeness (QED) is 0.890. The van der Waals surface area contributed by atoms with Crippen molar-refractivity contribution >= 4 is 11.7 Å². The molecule has 2 aromatic rings. The number of carbonyl (C=O) groups is 1. The molecule has 1 aromatic heterocycles. The van der Waals surface area contributed by atoms with Crippen LogP contribution in [0.15, 0.2) is 36.7 Å². The molecule has 7 nitrogen and oxygen atoms in total. The Morgan fingerprint density at radius 1 is 1.19 bits per heavy atom. The van der Waals surface area contributed by atoms with Crippen LogP contribution < -0.4 is 10.2 Å². The van der Waals surface area contributed by atoms with Crippen LogP contribution in [0.3, 0.4) is 0 Å². The van der Waals surface area contributed by atoms with E-state index in [4.69, 9.17) is 9.47 Å². The van der Waals surface area contributed by atoms with E-state index in [-0.39, 0.29) is 5.91 Å². The third-order valence-corrected chi connectivity index (χ3v) is 5.08. The van der Waals surface area contributed by atoms with Crippen LogP contribution in [0.5, 0.6) is 0 Å². The number of amides is 1. The Bertz CT molecular complexity index is 810. The highest BCUT2D eigenvalue weighted by atomic mass is 16.7. The zero-order chi connectivity index (χ0) is 18.7. The Balaban J connectivity index is 1.38. The van der Waals surface area contributed by atoms with Crippen LogP contribution in [-0.2, 0) is 16.0 Å². The van der Waals surface area contributed by atoms with E-state index in [0.717, 1.165) is 37.3 Å². The molecule has 1 amide bonds. The predicted octanol–water partition coefficient (Wildman–Crippen LogP) is 2.06. The molecule has 2 aliphatic rings. The van der Waals surface area contributed by atoms with Crippen molar-refractivity contribution < 1.29 is 14.3 Å². The zero-order valence-corrected chi connectivity index (χ0v) is 15.5. The number of nitrogens with one attached hydrogen (secondary N) is 1. The van der Waals surface area contributed by atoms with E-state index >= 15 is 0 Å². The van der Waals surface area contributed by atoms with Gasteiger partial charge in [0.25, 0.3) is 5.91 Å². The molecule has 0 unspecified atom stereocenters. The van der Waals surface area contributed by atoms with E-state index < -0.39 is 5.79 Å². The van der Waals surface area contributed by atoms with Crippen LogP contribution in [0.4, 0.5) is 5.82 Å². The maximum atomic E-state index is 12.5. The average molecular weight is 368 g/mol. The van der Waals surface area contributed by atoms with E-state index in [1.807, 2.05) is 25.1 Å². The van der Waals surface area contributed by atoms with Gasteiger partial charge in [-0.05, 0) is 12.5 Å². The number of rotatable bonds is 4. The second kappa shape index (κ2) is 7.62. The van der Waals surface area contributed by atoms with Gasteiger partial charge in [0.1, 0.15) is 17.8 Å². The molecule has 2 fully saturated rings. The number of aromatic nitrogens is 2. The lowest BCUT2D eigenvalue weighted by molar-refractivity contribution is -0.169. The number of ether oxygens (including phenoxy) is 2. The molecule has 142 valence electrons. The molecular formula is C20H24N4O3. The summed E-state index contributed by atoms with van der Waals surface area (Å²) in [6, 6.07) is 9.82. The van der Waals surface area contributed by atoms with E-state index in [1.54, 1.807) is 6.07 Å². The van der Waals surface area contributed by atoms with Crippen molar-refractivity contribution in [2.24, 2.45) is 0 Å². The molecular weight excluding hydrogens is 344 g/mol. The van der Waals surface area contributed by atoms with Gasteiger partial charge in [-0.15, -0.1) is 0 Å². The predicted molar refractivity (Wildman–Crippen MR) is 100 cm³/mol. The van der Waals surface area contributed by atoms with Gasteiger partial charge in [0.2, 0.25) is 0 Å². The molecule has 4 rings (SSSR count). The van der Waals surface area contributed by atoms with Crippen molar-refractivity contribution in [1.82, 2.24) is 15.3 Å². The lowest BCUT2D eigenvalue weighted by Crippen LogP contribution is -2.45. The fourth-order valence-electron chi connectivity index (χ4n) is 3.60. The molecule has 1 aromatic carbocycles. The van der Waals surface area contributed by atoms with E-state index in [2.05, 4.69) is 26.3 Å². The first kappa shape index (κ1) is 17.9. The van der Waals surface area contributed by atoms with Crippen LogP contribution in [0.25, 0.3) is 0 Å². The van der Waals surface area contributed by atoms with Gasteiger partial charge in [-0.25, -0.2) is 9.97 Å². The lowest BCUT2D eigenvalue weighted by Gasteiger charge is -2.38. The number of anilines is 1. The standard InChI is InChI=1S/C20H24N4O3/c1-15-3-2-4-16(11-15)13-21-19(25)17-12-18(23-14-22-17)24-7-5-20(6-8-24)26-9-10-27-20/h2-4,11-12,14H,5-10,13H2,1H3,(H,21,25). The SMILES string of the molecule is Cc1cccc(CNC(=O)c2cc(N3CCC4(CC3)OCCO4)ncn2)c1. The van der Waals surface area contributed by atoms with Crippen molar-refractivity contribution in [3.8, 4) is 0 Å². The van der Waals surface area contributed by atoms with Crippen molar-refractivity contribution in [3.05, 3.63) is 53.5 Å². The Labute approximate surface area is 158 Å². The molecule has 0 bridgehead atoms. The largest absolute Gasteiger partial charge is 0.356 e. The van der Waals surface area contributed by atoms with Crippen LogP contribution >= 0.6 is 0 Å². The van der Waals surface area contributed by atoms with Gasteiger partial charge in [0.05, 0.1) is 13.2 Å². The normalized spacial score (nSPS) is 18.6. The molecule has 1 spiro atoms. The summed E-state index contributed by atoms with van der Waals surface area (Å²) in [4.78, 5) is 23.1. The fourth-order valence-corrected chi connectivity index (χ4v) is 3.60. The minimum Gasteiger partial charge on any atom is -0.356 e. The molecule has 2 aliphatic heterocycles. The second-order valence-corrected chi connectivity index (χ2v) is 7.03. The van der Waals surface area contributed by atoms with Gasteiger partial charge in [-0.2, -0.15) is 0 Å². The van der Waals surface area contributed by atoms with Crippen LogP contribution in [-0.4, -0.2) is 48.0 Å². The smallest absolute Gasteiger partial charge is 0.270 e. The van der Waals surface area contributed by atoms with Gasteiger partial charge in [-0.1, -0.05) is 29.8 Å². The third kappa shape index (κ3) is 4.09. The maximum Gasteiger partial charge on any atom is 0.270 e. The number of hydrogen-bond acceptors (Lipinski definition) is 6. The molecule has 7 heteroatoms. The summed E-state index contributed by atoms with van der Waals surface area (Å²) in [6.07, 6.45) is 3.04. The molecule has 3 heterocycles. The van der Waals surface area contributed by atoms with Crippen molar-refractivity contribution in [3.63, 3.8) is 0 Å². The van der Waals surface area contributed by atoms with Gasteiger partial charge in [0.15, 0.2) is 5.79 Å². The minimum atomic E-state index is -0.419. The maximum absolute atomic E-state index is 12.5. The van der Waals surface area contributed by atoms with Gasteiger partial charge in [0, 0.05) is 38.5 Å². The monoisotopic (exact) mass is 368 g/mol. The summed E-state index contributed by atoms with van der Waals surface area (Å²) in [5, 5.41) is 2.92. The summed E-state index contributed by atoms with van der Waals surface area (Å²) < 4.78 is 11.5. The van der Waals surface area contributed by atoms with E-state index in [0.29, 0.717) is 25.5 Å². The third-order valence-electron chi connectivity index (χ3n) is 5.08. The van der Waals surface area contributed by atoms with Gasteiger partial charge < -0.3 is 19.7 Å². The summed E-state index contributed by atoms with van der Waals surface area (Å²) >= 11 is 0. The summed E-state index contributed by atoms with van der Waals surface area (Å²) in [6.45, 7) is 5.40. The fraction of sp³-hybridized carbons (Fsp3) is 0.450. The second-order valence-electron chi connectivity index (χ2n) is 7.03.